The van der Waals surface area contributed by atoms with Crippen LogP contribution in [0.15, 0.2) is 0 Å². The fraction of sp³-hybridized carbons (Fsp3) is 1.00. The van der Waals surface area contributed by atoms with E-state index in [1.54, 1.807) is 0 Å². The van der Waals surface area contributed by atoms with Gasteiger partial charge in [-0.05, 0) is 0 Å². The van der Waals surface area contributed by atoms with Crippen LogP contribution in [0.5, 0.6) is 0 Å². The first-order valence-electron chi connectivity index (χ1n) is 3.41. The molecule has 0 saturated heterocycles. The Balaban J connectivity index is 0. The van der Waals surface area contributed by atoms with Crippen molar-refractivity contribution in [2.75, 3.05) is 0 Å². The van der Waals surface area contributed by atoms with Crippen molar-refractivity contribution in [2.45, 2.75) is 38.7 Å². The molecule has 0 spiro atoms. The predicted octanol–water partition coefficient (Wildman–Crippen LogP) is 2.40. The van der Waals surface area contributed by atoms with Gasteiger partial charge in [-0.3, -0.25) is 0 Å². The molecular weight excluding hydrogens is 79.0 g/mol. The molecule has 0 aliphatic rings. The average Bonchev–Trinajstić information content (AvgIpc) is 1.75. The maximum absolute atomic E-state index is 2.21. The number of unbranched alkanes of at least 4 members (excludes halogenated alkanes) is 2. The van der Waals surface area contributed by atoms with Crippen molar-refractivity contribution in [3.63, 3.8) is 0 Å². The van der Waals surface area contributed by atoms with Crippen molar-refractivity contribution in [2.24, 2.45) is 0 Å². The molecule has 0 amide bonds. The van der Waals surface area contributed by atoms with Crippen LogP contribution in [-0.4, -0.2) is 17.7 Å². The van der Waals surface area contributed by atoms with Crippen molar-refractivity contribution in [3.05, 3.63) is 0 Å². The molecule has 0 saturated carbocycles. The van der Waals surface area contributed by atoms with E-state index in [-0.39, 0.29) is 0 Å². The SMILES string of the molecule is CCCCC.[Li][CH3]. The first kappa shape index (κ1) is 10.6. The molecule has 0 aliphatic carbocycles. The average molecular weight is 94.1 g/mol. The van der Waals surface area contributed by atoms with E-state index in [9.17, 15) is 0 Å². The van der Waals surface area contributed by atoms with Crippen LogP contribution in [-0.2, 0) is 0 Å². The van der Waals surface area contributed by atoms with Gasteiger partial charge in [-0.2, -0.15) is 0 Å². The fourth-order valence-electron chi connectivity index (χ4n) is 0.354. The minimum atomic E-state index is 1.34. The van der Waals surface area contributed by atoms with Crippen LogP contribution in [0.3, 0.4) is 0 Å². The second kappa shape index (κ2) is 16.0. The molecule has 40 valence electrons. The summed E-state index contributed by atoms with van der Waals surface area (Å²) in [5.74, 6) is 0. The van der Waals surface area contributed by atoms with E-state index in [0.717, 1.165) is 0 Å². The molecule has 7 heavy (non-hydrogen) atoms. The normalized spacial score (nSPS) is 7.00. The maximum atomic E-state index is 2.21. The first-order chi connectivity index (χ1) is 3.41. The van der Waals surface area contributed by atoms with Crippen LogP contribution in [0, 0.1) is 0 Å². The molecule has 1 heteroatoms. The second-order valence-electron chi connectivity index (χ2n) is 1.35. The van der Waals surface area contributed by atoms with E-state index in [1.807, 2.05) is 23.3 Å². The molecule has 0 unspecified atom stereocenters. The Morgan fingerprint density at radius 1 is 1.00 bits per heavy atom. The Hall–Kier alpha value is 0.597. The van der Waals surface area contributed by atoms with Crippen LogP contribution in [0.25, 0.3) is 0 Å². The van der Waals surface area contributed by atoms with Gasteiger partial charge in [0.2, 0.25) is 0 Å². The Labute approximate surface area is 56.9 Å². The summed E-state index contributed by atoms with van der Waals surface area (Å²) in [5.41, 5.74) is 2.00. The van der Waals surface area contributed by atoms with Crippen molar-refractivity contribution < 1.29 is 0 Å². The summed E-state index contributed by atoms with van der Waals surface area (Å²) in [6.45, 7) is 4.42. The second-order valence-corrected chi connectivity index (χ2v) is 1.35. The molecule has 0 fully saturated rings. The van der Waals surface area contributed by atoms with Crippen molar-refractivity contribution in [3.8, 4) is 0 Å². The standard InChI is InChI=1S/C5H12.CH3.Li/c1-3-5-4-2;;/h3-5H2,1-2H3;1H3;. The number of hydrogen-bond donors (Lipinski definition) is 0. The molecule has 0 rings (SSSR count). The number of hydrogen-bond acceptors (Lipinski definition) is 0. The summed E-state index contributed by atoms with van der Waals surface area (Å²) >= 11 is 2.00. The summed E-state index contributed by atoms with van der Waals surface area (Å²) in [4.78, 5) is 0. The first-order valence-corrected chi connectivity index (χ1v) is 3.41. The van der Waals surface area contributed by atoms with Crippen molar-refractivity contribution in [1.82, 2.24) is 0 Å². The predicted molar refractivity (Wildman–Crippen MR) is 36.8 cm³/mol. The molecule has 0 bridgehead atoms. The molecule has 0 aromatic carbocycles. The molecule has 0 aromatic rings. The van der Waals surface area contributed by atoms with Crippen molar-refractivity contribution in [1.29, 1.82) is 0 Å². The summed E-state index contributed by atoms with van der Waals surface area (Å²) in [6, 6.07) is 0. The van der Waals surface area contributed by atoms with E-state index in [1.165, 1.54) is 19.3 Å². The fourth-order valence-corrected chi connectivity index (χ4v) is 0.354. The van der Waals surface area contributed by atoms with Gasteiger partial charge in [0.15, 0.2) is 0 Å². The Morgan fingerprint density at radius 3 is 1.29 bits per heavy atom. The molecule has 0 aromatic heterocycles. The third kappa shape index (κ3) is 20.7. The van der Waals surface area contributed by atoms with Gasteiger partial charge in [-0.1, -0.05) is 33.1 Å². The van der Waals surface area contributed by atoms with E-state index < -0.39 is 0 Å². The van der Waals surface area contributed by atoms with Gasteiger partial charge in [0, 0.05) is 0 Å². The Kier molecular flexibility index (Phi) is 24.1. The van der Waals surface area contributed by atoms with Gasteiger partial charge in [-0.25, -0.2) is 0 Å². The molecule has 0 N–H and O–H groups in total. The third-order valence-electron chi connectivity index (χ3n) is 0.707. The number of rotatable bonds is 2. The summed E-state index contributed by atoms with van der Waals surface area (Å²) in [6.07, 6.45) is 4.08. The Bertz CT molecular complexity index is 11.7. The van der Waals surface area contributed by atoms with Gasteiger partial charge in [0.1, 0.15) is 0 Å². The van der Waals surface area contributed by atoms with Crippen molar-refractivity contribution >= 4 is 17.7 Å². The minimum absolute atomic E-state index is 1.34. The molecule has 0 nitrogen and oxygen atoms in total. The third-order valence-corrected chi connectivity index (χ3v) is 0.707. The van der Waals surface area contributed by atoms with Crippen LogP contribution < -0.4 is 0 Å². The molecule has 0 aliphatic heterocycles. The van der Waals surface area contributed by atoms with Gasteiger partial charge < -0.3 is 0 Å². The molecule has 0 atom stereocenters. The van der Waals surface area contributed by atoms with Gasteiger partial charge in [0.05, 0.1) is 0 Å². The van der Waals surface area contributed by atoms with Gasteiger partial charge in [0.25, 0.3) is 0 Å². The van der Waals surface area contributed by atoms with Crippen LogP contribution in [0.1, 0.15) is 33.1 Å². The van der Waals surface area contributed by atoms with E-state index >= 15 is 0 Å². The quantitative estimate of drug-likeness (QED) is 0.461. The van der Waals surface area contributed by atoms with Crippen LogP contribution in [0.4, 0.5) is 0 Å². The zero-order valence-electron chi connectivity index (χ0n) is 6.12. The molecule has 0 heterocycles. The van der Waals surface area contributed by atoms with E-state index in [0.29, 0.717) is 0 Å². The van der Waals surface area contributed by atoms with E-state index in [4.69, 9.17) is 0 Å². The molecule has 0 radical (unpaired) electrons. The topological polar surface area (TPSA) is 0 Å². The summed E-state index contributed by atoms with van der Waals surface area (Å²) < 4.78 is 0. The van der Waals surface area contributed by atoms with Crippen LogP contribution in [0.2, 0.25) is 5.60 Å². The Morgan fingerprint density at radius 2 is 1.29 bits per heavy atom. The zero-order valence-corrected chi connectivity index (χ0v) is 6.12. The summed E-state index contributed by atoms with van der Waals surface area (Å²) in [5, 5.41) is 0. The molecular formula is C6H15Li. The summed E-state index contributed by atoms with van der Waals surface area (Å²) in [7, 11) is 0. The zero-order chi connectivity index (χ0) is 6.12. The van der Waals surface area contributed by atoms with E-state index in [2.05, 4.69) is 13.8 Å². The van der Waals surface area contributed by atoms with Crippen LogP contribution >= 0.6 is 0 Å². The van der Waals surface area contributed by atoms with Gasteiger partial charge >= 0.3 is 23.3 Å². The monoisotopic (exact) mass is 94.1 g/mol. The van der Waals surface area contributed by atoms with Gasteiger partial charge in [-0.15, -0.1) is 0 Å².